The number of nitrogens with one attached hydrogen (secondary N) is 1. The Morgan fingerprint density at radius 2 is 2.16 bits per heavy atom. The van der Waals surface area contributed by atoms with Crippen molar-refractivity contribution in [1.82, 2.24) is 10.2 Å². The van der Waals surface area contributed by atoms with Crippen LogP contribution in [0.25, 0.3) is 0 Å². The number of carbonyl (C=O) groups excluding carboxylic acids is 1. The number of hydrogen-bond donors (Lipinski definition) is 2. The lowest BCUT2D eigenvalue weighted by molar-refractivity contribution is -0.154. The average Bonchev–Trinajstić information content (AvgIpc) is 2.86. The van der Waals surface area contributed by atoms with Crippen LogP contribution < -0.4 is 5.32 Å². The van der Waals surface area contributed by atoms with Gasteiger partial charge < -0.3 is 20.1 Å². The highest BCUT2D eigenvalue weighted by Crippen LogP contribution is 2.23. The number of carboxylic acid groups (broad SMARTS) is 1. The maximum Gasteiger partial charge on any atom is 0.326 e. The molecule has 2 unspecified atom stereocenters. The lowest BCUT2D eigenvalue weighted by atomic mass is 9.96. The predicted molar refractivity (Wildman–Crippen MR) is 68.8 cm³/mol. The topological polar surface area (TPSA) is 78.9 Å². The van der Waals surface area contributed by atoms with Crippen LogP contribution in [0.4, 0.5) is 0 Å². The van der Waals surface area contributed by atoms with E-state index < -0.39 is 12.0 Å². The fourth-order valence-corrected chi connectivity index (χ4v) is 2.93. The Labute approximate surface area is 113 Å². The van der Waals surface area contributed by atoms with Crippen LogP contribution in [0.1, 0.15) is 26.2 Å². The van der Waals surface area contributed by atoms with Crippen LogP contribution >= 0.6 is 0 Å². The Kier molecular flexibility index (Phi) is 4.76. The Morgan fingerprint density at radius 1 is 1.37 bits per heavy atom. The molecular weight excluding hydrogens is 248 g/mol. The molecule has 2 N–H and O–H groups in total. The molecule has 0 bridgehead atoms. The first-order valence-electron chi connectivity index (χ1n) is 6.99. The largest absolute Gasteiger partial charge is 0.480 e. The summed E-state index contributed by atoms with van der Waals surface area (Å²) >= 11 is 0. The number of likely N-dealkylation sites (tertiary alicyclic amines) is 1. The predicted octanol–water partition coefficient (Wildman–Crippen LogP) is 0.0766. The van der Waals surface area contributed by atoms with Crippen LogP contribution in [0.2, 0.25) is 0 Å². The lowest BCUT2D eigenvalue weighted by Crippen LogP contribution is -2.53. The highest BCUT2D eigenvalue weighted by molar-refractivity contribution is 5.86. The number of hydrogen-bond acceptors (Lipinski definition) is 4. The molecule has 108 valence electrons. The molecule has 2 aliphatic rings. The van der Waals surface area contributed by atoms with Crippen molar-refractivity contribution in [3.63, 3.8) is 0 Å². The van der Waals surface area contributed by atoms with Gasteiger partial charge in [0.1, 0.15) is 6.04 Å². The smallest absolute Gasteiger partial charge is 0.326 e. The molecule has 0 aromatic rings. The van der Waals surface area contributed by atoms with Crippen molar-refractivity contribution in [3.8, 4) is 0 Å². The zero-order chi connectivity index (χ0) is 13.8. The minimum atomic E-state index is -0.896. The minimum absolute atomic E-state index is 0.00821. The standard InChI is InChI=1S/C13H22N2O4/c1-2-14-10-8-19-7-9(10)12(16)15-6-4-3-5-11(15)13(17)18/h9-11,14H,2-8H2,1H3,(H,17,18)/t9?,10?,11-/m0/s1. The molecule has 2 heterocycles. The second-order valence-electron chi connectivity index (χ2n) is 5.19. The first-order chi connectivity index (χ1) is 9.15. The number of carbonyl (C=O) groups is 2. The van der Waals surface area contributed by atoms with E-state index in [2.05, 4.69) is 5.32 Å². The van der Waals surface area contributed by atoms with Gasteiger partial charge in [0, 0.05) is 12.6 Å². The van der Waals surface area contributed by atoms with E-state index in [0.29, 0.717) is 26.2 Å². The summed E-state index contributed by atoms with van der Waals surface area (Å²) in [5.41, 5.74) is 0. The van der Waals surface area contributed by atoms with Crippen molar-refractivity contribution in [3.05, 3.63) is 0 Å². The van der Waals surface area contributed by atoms with E-state index in [9.17, 15) is 14.7 Å². The summed E-state index contributed by atoms with van der Waals surface area (Å²) in [7, 11) is 0. The molecular formula is C13H22N2O4. The Morgan fingerprint density at radius 3 is 2.84 bits per heavy atom. The third-order valence-electron chi connectivity index (χ3n) is 3.93. The molecule has 3 atom stereocenters. The van der Waals surface area contributed by atoms with Gasteiger partial charge in [0.05, 0.1) is 19.1 Å². The average molecular weight is 270 g/mol. The Bertz CT molecular complexity index is 348. The van der Waals surface area contributed by atoms with Gasteiger partial charge in [-0.15, -0.1) is 0 Å². The first-order valence-corrected chi connectivity index (χ1v) is 6.99. The van der Waals surface area contributed by atoms with E-state index in [-0.39, 0.29) is 17.9 Å². The normalized spacial score (nSPS) is 31.4. The van der Waals surface area contributed by atoms with Crippen LogP contribution in [-0.4, -0.2) is 60.3 Å². The maximum absolute atomic E-state index is 12.5. The number of ether oxygens (including phenoxy) is 1. The molecule has 0 spiro atoms. The molecule has 2 saturated heterocycles. The van der Waals surface area contributed by atoms with Crippen LogP contribution in [-0.2, 0) is 14.3 Å². The van der Waals surface area contributed by atoms with Gasteiger partial charge in [0.25, 0.3) is 0 Å². The highest BCUT2D eigenvalue weighted by atomic mass is 16.5. The summed E-state index contributed by atoms with van der Waals surface area (Å²) in [6.07, 6.45) is 2.31. The summed E-state index contributed by atoms with van der Waals surface area (Å²) < 4.78 is 5.37. The third-order valence-corrected chi connectivity index (χ3v) is 3.93. The highest BCUT2D eigenvalue weighted by Gasteiger charge is 2.40. The van der Waals surface area contributed by atoms with Crippen LogP contribution in [0.15, 0.2) is 0 Å². The number of carboxylic acids is 1. The van der Waals surface area contributed by atoms with Crippen molar-refractivity contribution in [2.45, 2.75) is 38.3 Å². The molecule has 0 aromatic carbocycles. The molecule has 2 fully saturated rings. The van der Waals surface area contributed by atoms with Crippen LogP contribution in [0, 0.1) is 5.92 Å². The van der Waals surface area contributed by atoms with Crippen molar-refractivity contribution >= 4 is 11.9 Å². The number of likely N-dealkylation sites (N-methyl/N-ethyl adjacent to an activating group) is 1. The third kappa shape index (κ3) is 3.06. The summed E-state index contributed by atoms with van der Waals surface area (Å²) in [5.74, 6) is -1.22. The van der Waals surface area contributed by atoms with Gasteiger partial charge in [0.15, 0.2) is 0 Å². The SMILES string of the molecule is CCNC1COCC1C(=O)N1CCCC[C@H]1C(=O)O. The van der Waals surface area contributed by atoms with Crippen molar-refractivity contribution in [2.75, 3.05) is 26.3 Å². The Hall–Kier alpha value is -1.14. The molecule has 0 aliphatic carbocycles. The molecule has 6 heteroatoms. The van der Waals surface area contributed by atoms with E-state index >= 15 is 0 Å². The van der Waals surface area contributed by atoms with Crippen molar-refractivity contribution < 1.29 is 19.4 Å². The van der Waals surface area contributed by atoms with Crippen molar-refractivity contribution in [1.29, 1.82) is 0 Å². The zero-order valence-corrected chi connectivity index (χ0v) is 11.3. The second kappa shape index (κ2) is 6.34. The van der Waals surface area contributed by atoms with E-state index in [1.807, 2.05) is 6.92 Å². The number of piperidine rings is 1. The van der Waals surface area contributed by atoms with Gasteiger partial charge in [-0.05, 0) is 25.8 Å². The number of nitrogens with zero attached hydrogens (tertiary/aromatic N) is 1. The number of rotatable bonds is 4. The molecule has 2 rings (SSSR count). The Balaban J connectivity index is 2.06. The molecule has 2 aliphatic heterocycles. The van der Waals surface area contributed by atoms with Gasteiger partial charge in [-0.25, -0.2) is 4.79 Å². The molecule has 0 saturated carbocycles. The molecule has 19 heavy (non-hydrogen) atoms. The molecule has 1 amide bonds. The van der Waals surface area contributed by atoms with Gasteiger partial charge in [-0.1, -0.05) is 6.92 Å². The van der Waals surface area contributed by atoms with E-state index in [1.165, 1.54) is 4.90 Å². The first kappa shape index (κ1) is 14.3. The monoisotopic (exact) mass is 270 g/mol. The summed E-state index contributed by atoms with van der Waals surface area (Å²) in [4.78, 5) is 25.3. The second-order valence-corrected chi connectivity index (χ2v) is 5.19. The quantitative estimate of drug-likeness (QED) is 0.756. The van der Waals surface area contributed by atoms with E-state index in [0.717, 1.165) is 19.4 Å². The van der Waals surface area contributed by atoms with E-state index in [4.69, 9.17) is 4.74 Å². The van der Waals surface area contributed by atoms with E-state index in [1.54, 1.807) is 0 Å². The zero-order valence-electron chi connectivity index (χ0n) is 11.3. The number of amides is 1. The van der Waals surface area contributed by atoms with Crippen LogP contribution in [0.3, 0.4) is 0 Å². The summed E-state index contributed by atoms with van der Waals surface area (Å²) in [6.45, 7) is 4.22. The minimum Gasteiger partial charge on any atom is -0.480 e. The fourth-order valence-electron chi connectivity index (χ4n) is 2.93. The van der Waals surface area contributed by atoms with Gasteiger partial charge in [-0.2, -0.15) is 0 Å². The van der Waals surface area contributed by atoms with Crippen LogP contribution in [0.5, 0.6) is 0 Å². The van der Waals surface area contributed by atoms with Gasteiger partial charge >= 0.3 is 5.97 Å². The molecule has 0 radical (unpaired) electrons. The number of aliphatic carboxylic acids is 1. The maximum atomic E-state index is 12.5. The molecule has 6 nitrogen and oxygen atoms in total. The molecule has 0 aromatic heterocycles. The fraction of sp³-hybridized carbons (Fsp3) is 0.846. The van der Waals surface area contributed by atoms with Gasteiger partial charge in [0.2, 0.25) is 5.91 Å². The lowest BCUT2D eigenvalue weighted by Gasteiger charge is -2.35. The van der Waals surface area contributed by atoms with Crippen molar-refractivity contribution in [2.24, 2.45) is 5.92 Å². The summed E-state index contributed by atoms with van der Waals surface area (Å²) in [5, 5.41) is 12.5. The summed E-state index contributed by atoms with van der Waals surface area (Å²) in [6, 6.07) is -0.655. The van der Waals surface area contributed by atoms with Gasteiger partial charge in [-0.3, -0.25) is 4.79 Å².